The Morgan fingerprint density at radius 2 is 2.43 bits per heavy atom. The molecule has 1 atom stereocenters. The first-order valence-electron chi connectivity index (χ1n) is 4.87. The van der Waals surface area contributed by atoms with Crippen molar-refractivity contribution in [3.63, 3.8) is 0 Å². The molecule has 0 spiro atoms. The van der Waals surface area contributed by atoms with E-state index in [9.17, 15) is 9.59 Å². The van der Waals surface area contributed by atoms with E-state index in [0.29, 0.717) is 12.8 Å². The van der Waals surface area contributed by atoms with Gasteiger partial charge < -0.3 is 0 Å². The smallest absolute Gasteiger partial charge is 0.174 e. The first-order valence-corrected chi connectivity index (χ1v) is 5.75. The maximum Gasteiger partial charge on any atom is 0.174 e. The molecule has 2 nitrogen and oxygen atoms in total. The lowest BCUT2D eigenvalue weighted by Gasteiger charge is -2.18. The predicted molar refractivity (Wildman–Crippen MR) is 55.8 cm³/mol. The lowest BCUT2D eigenvalue weighted by atomic mass is 9.84. The van der Waals surface area contributed by atoms with Crippen LogP contribution in [0.2, 0.25) is 0 Å². The van der Waals surface area contributed by atoms with Gasteiger partial charge in [-0.3, -0.25) is 9.59 Å². The highest BCUT2D eigenvalue weighted by Crippen LogP contribution is 2.30. The molecule has 0 radical (unpaired) electrons. The van der Waals surface area contributed by atoms with Crippen LogP contribution in [0.4, 0.5) is 0 Å². The summed E-state index contributed by atoms with van der Waals surface area (Å²) >= 11 is 1.62. The van der Waals surface area contributed by atoms with E-state index >= 15 is 0 Å². The zero-order valence-corrected chi connectivity index (χ0v) is 8.89. The molecule has 1 aliphatic rings. The Morgan fingerprint density at radius 3 is 3.14 bits per heavy atom. The van der Waals surface area contributed by atoms with Crippen LogP contribution in [0.3, 0.4) is 0 Å². The van der Waals surface area contributed by atoms with Crippen LogP contribution in [0.15, 0.2) is 11.4 Å². The fourth-order valence-corrected chi connectivity index (χ4v) is 2.80. The fourth-order valence-electron chi connectivity index (χ4n) is 1.90. The summed E-state index contributed by atoms with van der Waals surface area (Å²) in [7, 11) is 0. The summed E-state index contributed by atoms with van der Waals surface area (Å²) in [4.78, 5) is 24.5. The number of carbonyl (C=O) groups is 2. The van der Waals surface area contributed by atoms with Crippen molar-refractivity contribution < 1.29 is 9.59 Å². The molecule has 0 amide bonds. The predicted octanol–water partition coefficient (Wildman–Crippen LogP) is 2.47. The van der Waals surface area contributed by atoms with E-state index in [1.807, 2.05) is 18.4 Å². The van der Waals surface area contributed by atoms with E-state index < -0.39 is 0 Å². The molecule has 14 heavy (non-hydrogen) atoms. The Bertz CT molecular complexity index is 378. The van der Waals surface area contributed by atoms with E-state index in [1.165, 1.54) is 0 Å². The van der Waals surface area contributed by atoms with Gasteiger partial charge >= 0.3 is 0 Å². The van der Waals surface area contributed by atoms with Gasteiger partial charge in [-0.05, 0) is 24.3 Å². The number of fused-ring (bicyclic) bond motifs is 1. The van der Waals surface area contributed by atoms with E-state index in [4.69, 9.17) is 0 Å². The van der Waals surface area contributed by atoms with Crippen molar-refractivity contribution >= 4 is 22.9 Å². The zero-order valence-electron chi connectivity index (χ0n) is 8.08. The van der Waals surface area contributed by atoms with Crippen LogP contribution in [0.1, 0.15) is 35.0 Å². The summed E-state index contributed by atoms with van der Waals surface area (Å²) in [5, 5.41) is 1.93. The van der Waals surface area contributed by atoms with Crippen molar-refractivity contribution in [2.75, 3.05) is 0 Å². The Morgan fingerprint density at radius 1 is 1.64 bits per heavy atom. The van der Waals surface area contributed by atoms with E-state index in [-0.39, 0.29) is 17.5 Å². The zero-order chi connectivity index (χ0) is 10.1. The molecule has 0 aliphatic heterocycles. The number of Topliss-reactive ketones (excluding diaryl/α,β-unsaturated/α-hetero) is 2. The maximum absolute atomic E-state index is 11.9. The van der Waals surface area contributed by atoms with Gasteiger partial charge in [0.2, 0.25) is 0 Å². The molecule has 1 aromatic rings. The van der Waals surface area contributed by atoms with Gasteiger partial charge in [-0.2, -0.15) is 0 Å². The second kappa shape index (κ2) is 3.65. The summed E-state index contributed by atoms with van der Waals surface area (Å²) in [5.41, 5.74) is 0.785. The van der Waals surface area contributed by atoms with Gasteiger partial charge in [-0.15, -0.1) is 11.3 Å². The van der Waals surface area contributed by atoms with E-state index in [0.717, 1.165) is 16.9 Å². The molecule has 0 bridgehead atoms. The van der Waals surface area contributed by atoms with Gasteiger partial charge in [-0.25, -0.2) is 0 Å². The Balaban J connectivity index is 2.30. The monoisotopic (exact) mass is 208 g/mol. The third kappa shape index (κ3) is 1.42. The minimum atomic E-state index is -0.359. The van der Waals surface area contributed by atoms with Gasteiger partial charge in [0.25, 0.3) is 0 Å². The van der Waals surface area contributed by atoms with E-state index in [2.05, 4.69) is 0 Å². The van der Waals surface area contributed by atoms with Gasteiger partial charge in [-0.1, -0.05) is 6.92 Å². The van der Waals surface area contributed by atoms with Crippen molar-refractivity contribution in [2.24, 2.45) is 5.92 Å². The van der Waals surface area contributed by atoms with Gasteiger partial charge in [0.05, 0.1) is 5.92 Å². The van der Waals surface area contributed by atoms with Gasteiger partial charge in [0.1, 0.15) is 5.78 Å². The normalized spacial score (nSPS) is 20.6. The number of aryl methyl sites for hydroxylation is 1. The minimum absolute atomic E-state index is 0.0411. The Hall–Kier alpha value is -0.960. The lowest BCUT2D eigenvalue weighted by Crippen LogP contribution is -2.28. The minimum Gasteiger partial charge on any atom is -0.299 e. The topological polar surface area (TPSA) is 34.1 Å². The molecule has 2 rings (SSSR count). The van der Waals surface area contributed by atoms with Crippen molar-refractivity contribution in [1.29, 1.82) is 0 Å². The van der Waals surface area contributed by atoms with Crippen LogP contribution < -0.4 is 0 Å². The number of hydrogen-bond acceptors (Lipinski definition) is 3. The third-order valence-electron chi connectivity index (χ3n) is 2.72. The quantitative estimate of drug-likeness (QED) is 0.700. The number of hydrogen-bond donors (Lipinski definition) is 0. The molecule has 0 aromatic carbocycles. The number of carbonyl (C=O) groups excluding carboxylic acids is 2. The molecule has 1 aromatic heterocycles. The molecule has 1 unspecified atom stereocenters. The van der Waals surface area contributed by atoms with Crippen molar-refractivity contribution in [2.45, 2.75) is 26.2 Å². The van der Waals surface area contributed by atoms with Crippen LogP contribution >= 0.6 is 11.3 Å². The summed E-state index contributed by atoms with van der Waals surface area (Å²) in [6, 6.07) is 1.84. The second-order valence-electron chi connectivity index (χ2n) is 3.53. The average Bonchev–Trinajstić information content (AvgIpc) is 2.66. The number of ketones is 2. The summed E-state index contributed by atoms with van der Waals surface area (Å²) < 4.78 is 0. The SMILES string of the molecule is CCC(=O)C1CCc2sccc2C1=O. The maximum atomic E-state index is 11.9. The summed E-state index contributed by atoms with van der Waals surface area (Å²) in [6.45, 7) is 1.82. The molecule has 0 saturated heterocycles. The van der Waals surface area contributed by atoms with Crippen molar-refractivity contribution in [1.82, 2.24) is 0 Å². The highest BCUT2D eigenvalue weighted by molar-refractivity contribution is 7.10. The van der Waals surface area contributed by atoms with E-state index in [1.54, 1.807) is 11.3 Å². The first-order chi connectivity index (χ1) is 6.74. The standard InChI is InChI=1S/C11H12O2S/c1-2-9(12)7-3-4-10-8(11(7)13)5-6-14-10/h5-7H,2-4H2,1H3. The molecular weight excluding hydrogens is 196 g/mol. The molecule has 3 heteroatoms. The highest BCUT2D eigenvalue weighted by atomic mass is 32.1. The largest absolute Gasteiger partial charge is 0.299 e. The molecule has 0 saturated carbocycles. The first kappa shape index (κ1) is 9.59. The Kier molecular flexibility index (Phi) is 2.50. The fraction of sp³-hybridized carbons (Fsp3) is 0.455. The van der Waals surface area contributed by atoms with Crippen molar-refractivity contribution in [3.05, 3.63) is 21.9 Å². The van der Waals surface area contributed by atoms with Crippen molar-refractivity contribution in [3.8, 4) is 0 Å². The van der Waals surface area contributed by atoms with Crippen LogP contribution in [-0.4, -0.2) is 11.6 Å². The van der Waals surface area contributed by atoms with Gasteiger partial charge in [0, 0.05) is 16.9 Å². The third-order valence-corrected chi connectivity index (χ3v) is 3.71. The number of rotatable bonds is 2. The Labute approximate surface area is 86.9 Å². The summed E-state index contributed by atoms with van der Waals surface area (Å²) in [6.07, 6.45) is 2.06. The second-order valence-corrected chi connectivity index (χ2v) is 4.53. The average molecular weight is 208 g/mol. The number of thiophene rings is 1. The van der Waals surface area contributed by atoms with Crippen LogP contribution in [0.25, 0.3) is 0 Å². The molecule has 1 aliphatic carbocycles. The van der Waals surface area contributed by atoms with Crippen LogP contribution in [0, 0.1) is 5.92 Å². The molecule has 0 N–H and O–H groups in total. The highest BCUT2D eigenvalue weighted by Gasteiger charge is 2.31. The van der Waals surface area contributed by atoms with Gasteiger partial charge in [0.15, 0.2) is 5.78 Å². The molecule has 74 valence electrons. The lowest BCUT2D eigenvalue weighted by molar-refractivity contribution is -0.121. The van der Waals surface area contributed by atoms with Crippen LogP contribution in [0.5, 0.6) is 0 Å². The molecule has 1 heterocycles. The molecular formula is C11H12O2S. The summed E-state index contributed by atoms with van der Waals surface area (Å²) in [5.74, 6) is -0.228. The van der Waals surface area contributed by atoms with Crippen LogP contribution in [-0.2, 0) is 11.2 Å². The molecule has 0 fully saturated rings.